The van der Waals surface area contributed by atoms with Gasteiger partial charge in [-0.3, -0.25) is 4.90 Å². The van der Waals surface area contributed by atoms with Crippen LogP contribution in [0.5, 0.6) is 0 Å². The van der Waals surface area contributed by atoms with E-state index >= 15 is 0 Å². The first-order valence-electron chi connectivity index (χ1n) is 12.2. The van der Waals surface area contributed by atoms with Crippen LogP contribution in [0.15, 0.2) is 0 Å². The highest BCUT2D eigenvalue weighted by Gasteiger charge is 2.89. The molecule has 6 rings (SSSR count). The first kappa shape index (κ1) is 21.3. The molecule has 5 saturated carbocycles. The van der Waals surface area contributed by atoms with Gasteiger partial charge in [0.05, 0.1) is 30.5 Å². The van der Waals surface area contributed by atoms with Crippen LogP contribution in [0.3, 0.4) is 0 Å². The minimum absolute atomic E-state index is 0.0483. The topological polar surface area (TPSA) is 80.6 Å². The standard InChI is InChI=1S/C24H39NO6/c1-6-25-11-12-7-8-16(29-3)23-14-9-13-15(28-2)10-22(26,18(14)19(13)30-4)24(27,21(23)25)20(31-5)17(12)23/h12-21,26-27H,6-11H2,1-5H3/t12-,13+,14+,15-,16-,17-,18+,19-,20-,21?,22+,23-,24+/m0/s1. The second-order valence-electron chi connectivity index (χ2n) is 11.2. The van der Waals surface area contributed by atoms with Crippen LogP contribution in [0.4, 0.5) is 0 Å². The summed E-state index contributed by atoms with van der Waals surface area (Å²) in [5.41, 5.74) is -2.95. The van der Waals surface area contributed by atoms with Gasteiger partial charge in [0.2, 0.25) is 0 Å². The molecule has 1 unspecified atom stereocenters. The van der Waals surface area contributed by atoms with Crippen molar-refractivity contribution in [1.82, 2.24) is 4.90 Å². The zero-order chi connectivity index (χ0) is 21.9. The maximum atomic E-state index is 12.8. The number of fused-ring (bicyclic) bond motifs is 2. The van der Waals surface area contributed by atoms with Crippen molar-refractivity contribution >= 4 is 0 Å². The van der Waals surface area contributed by atoms with E-state index in [-0.39, 0.29) is 53.4 Å². The number of piperidine rings is 1. The second kappa shape index (κ2) is 6.65. The Morgan fingerprint density at radius 2 is 1.74 bits per heavy atom. The number of aliphatic hydroxyl groups is 2. The van der Waals surface area contributed by atoms with Crippen molar-refractivity contribution in [1.29, 1.82) is 0 Å². The van der Waals surface area contributed by atoms with E-state index in [4.69, 9.17) is 18.9 Å². The molecule has 6 aliphatic rings. The first-order chi connectivity index (χ1) is 14.9. The number of hydrogen-bond donors (Lipinski definition) is 2. The minimum Gasteiger partial charge on any atom is -0.386 e. The number of ether oxygens (including phenoxy) is 4. The smallest absolute Gasteiger partial charge is 0.136 e. The van der Waals surface area contributed by atoms with E-state index in [1.165, 1.54) is 0 Å². The predicted molar refractivity (Wildman–Crippen MR) is 112 cm³/mol. The van der Waals surface area contributed by atoms with Crippen LogP contribution in [0.1, 0.15) is 32.6 Å². The van der Waals surface area contributed by atoms with Crippen LogP contribution in [-0.4, -0.2) is 98.3 Å². The van der Waals surface area contributed by atoms with Gasteiger partial charge >= 0.3 is 0 Å². The van der Waals surface area contributed by atoms with Gasteiger partial charge in [0.15, 0.2) is 0 Å². The Morgan fingerprint density at radius 1 is 0.968 bits per heavy atom. The van der Waals surface area contributed by atoms with Crippen molar-refractivity contribution in [2.75, 3.05) is 41.5 Å². The molecule has 176 valence electrons. The summed E-state index contributed by atoms with van der Waals surface area (Å²) in [5, 5.41) is 25.5. The van der Waals surface area contributed by atoms with E-state index in [9.17, 15) is 10.2 Å². The average molecular weight is 438 g/mol. The molecule has 0 radical (unpaired) electrons. The molecular weight excluding hydrogens is 398 g/mol. The third kappa shape index (κ3) is 2.01. The minimum atomic E-state index is -1.39. The Labute approximate surface area is 185 Å². The Hall–Kier alpha value is -0.280. The molecule has 7 bridgehead atoms. The van der Waals surface area contributed by atoms with Gasteiger partial charge in [-0.05, 0) is 37.6 Å². The molecular formula is C24H39NO6. The van der Waals surface area contributed by atoms with Crippen LogP contribution in [-0.2, 0) is 18.9 Å². The molecule has 5 aliphatic carbocycles. The van der Waals surface area contributed by atoms with Crippen molar-refractivity contribution in [3.63, 3.8) is 0 Å². The molecule has 6 fully saturated rings. The van der Waals surface area contributed by atoms with Crippen molar-refractivity contribution in [3.05, 3.63) is 0 Å². The summed E-state index contributed by atoms with van der Waals surface area (Å²) in [6, 6.07) is -0.181. The van der Waals surface area contributed by atoms with E-state index in [0.717, 1.165) is 32.4 Å². The van der Waals surface area contributed by atoms with Crippen molar-refractivity contribution in [2.24, 2.45) is 35.0 Å². The summed E-state index contributed by atoms with van der Waals surface area (Å²) in [7, 11) is 7.03. The number of methoxy groups -OCH3 is 4. The molecule has 0 aromatic carbocycles. The molecule has 1 saturated heterocycles. The third-order valence-corrected chi connectivity index (χ3v) is 11.1. The molecule has 7 nitrogen and oxygen atoms in total. The monoisotopic (exact) mass is 437 g/mol. The molecule has 0 amide bonds. The maximum Gasteiger partial charge on any atom is 0.136 e. The fourth-order valence-electron chi connectivity index (χ4n) is 10.6. The molecule has 1 spiro atoms. The Balaban J connectivity index is 1.66. The van der Waals surface area contributed by atoms with Gasteiger partial charge in [-0.1, -0.05) is 6.92 Å². The highest BCUT2D eigenvalue weighted by atomic mass is 16.5. The molecule has 13 atom stereocenters. The molecule has 0 aromatic heterocycles. The van der Waals surface area contributed by atoms with Crippen LogP contribution in [0.2, 0.25) is 0 Å². The molecule has 2 N–H and O–H groups in total. The first-order valence-corrected chi connectivity index (χ1v) is 12.2. The van der Waals surface area contributed by atoms with E-state index in [1.54, 1.807) is 21.3 Å². The summed E-state index contributed by atoms with van der Waals surface area (Å²) in [6.45, 7) is 3.99. The van der Waals surface area contributed by atoms with Gasteiger partial charge < -0.3 is 29.2 Å². The SMILES string of the molecule is CCN1C[C@@H]2CC[C@H](OC)[C@]34C1[C@](O)([C@@H](OC)[C@H]23)[C@@]1(O)C[C@H](OC)[C@H]2C[C@@H]4[C@@H]1[C@H]2OC. The lowest BCUT2D eigenvalue weighted by molar-refractivity contribution is -0.315. The quantitative estimate of drug-likeness (QED) is 0.662. The number of likely N-dealkylation sites (N-methyl/N-ethyl adjacent to an activating group) is 1. The number of likely N-dealkylation sites (tertiary alicyclic amines) is 1. The average Bonchev–Trinajstić information content (AvgIpc) is 3.17. The fourth-order valence-corrected chi connectivity index (χ4v) is 10.6. The van der Waals surface area contributed by atoms with Crippen molar-refractivity contribution < 1.29 is 29.2 Å². The van der Waals surface area contributed by atoms with E-state index in [1.807, 2.05) is 7.11 Å². The van der Waals surface area contributed by atoms with Gasteiger partial charge in [0.25, 0.3) is 0 Å². The molecule has 31 heavy (non-hydrogen) atoms. The third-order valence-electron chi connectivity index (χ3n) is 11.1. The van der Waals surface area contributed by atoms with E-state index in [0.29, 0.717) is 12.3 Å². The van der Waals surface area contributed by atoms with Gasteiger partial charge in [0.1, 0.15) is 11.2 Å². The molecule has 0 aromatic rings. The highest BCUT2D eigenvalue weighted by molar-refractivity contribution is 5.40. The number of nitrogens with zero attached hydrogens (tertiary/aromatic N) is 1. The summed E-state index contributed by atoms with van der Waals surface area (Å²) >= 11 is 0. The lowest BCUT2D eigenvalue weighted by Crippen LogP contribution is -2.81. The predicted octanol–water partition coefficient (Wildman–Crippen LogP) is 0.909. The van der Waals surface area contributed by atoms with Crippen LogP contribution in [0.25, 0.3) is 0 Å². The van der Waals surface area contributed by atoms with E-state index < -0.39 is 17.3 Å². The number of hydrogen-bond acceptors (Lipinski definition) is 7. The zero-order valence-electron chi connectivity index (χ0n) is 19.5. The Bertz CT molecular complexity index is 752. The van der Waals surface area contributed by atoms with Gasteiger partial charge in [0, 0.05) is 64.6 Å². The summed E-state index contributed by atoms with van der Waals surface area (Å²) in [6.07, 6.45) is 2.85. The van der Waals surface area contributed by atoms with Crippen molar-refractivity contribution in [3.8, 4) is 0 Å². The van der Waals surface area contributed by atoms with Gasteiger partial charge in [-0.25, -0.2) is 0 Å². The van der Waals surface area contributed by atoms with Crippen LogP contribution < -0.4 is 0 Å². The van der Waals surface area contributed by atoms with Gasteiger partial charge in [-0.15, -0.1) is 0 Å². The lowest BCUT2D eigenvalue weighted by atomic mass is 9.45. The zero-order valence-corrected chi connectivity index (χ0v) is 19.5. The maximum absolute atomic E-state index is 12.8. The van der Waals surface area contributed by atoms with Crippen LogP contribution in [0, 0.1) is 35.0 Å². The second-order valence-corrected chi connectivity index (χ2v) is 11.2. The fraction of sp³-hybridized carbons (Fsp3) is 1.00. The summed E-state index contributed by atoms with van der Waals surface area (Å²) < 4.78 is 24.5. The van der Waals surface area contributed by atoms with E-state index in [2.05, 4.69) is 11.8 Å². The summed E-state index contributed by atoms with van der Waals surface area (Å²) in [4.78, 5) is 2.45. The molecule has 7 heteroatoms. The normalized spacial score (nSPS) is 61.6. The Morgan fingerprint density at radius 3 is 2.35 bits per heavy atom. The van der Waals surface area contributed by atoms with Crippen molar-refractivity contribution in [2.45, 2.75) is 74.3 Å². The largest absolute Gasteiger partial charge is 0.386 e. The highest BCUT2D eigenvalue weighted by Crippen LogP contribution is 2.78. The summed E-state index contributed by atoms with van der Waals surface area (Å²) in [5.74, 6) is 0.946. The lowest BCUT2D eigenvalue weighted by Gasteiger charge is -2.68. The molecule has 1 aliphatic heterocycles. The molecule has 1 heterocycles. The van der Waals surface area contributed by atoms with Gasteiger partial charge in [-0.2, -0.15) is 0 Å². The number of rotatable bonds is 5. The Kier molecular flexibility index (Phi) is 4.56. The van der Waals surface area contributed by atoms with Crippen LogP contribution >= 0.6 is 0 Å².